The molecule has 0 aliphatic carbocycles. The van der Waals surface area contributed by atoms with Gasteiger partial charge in [0.25, 0.3) is 5.60 Å². The Balaban J connectivity index is 2.84. The van der Waals surface area contributed by atoms with E-state index in [1.807, 2.05) is 19.1 Å². The lowest BCUT2D eigenvalue weighted by Crippen LogP contribution is -2.51. The Morgan fingerprint density at radius 1 is 1.07 bits per heavy atom. The Kier molecular flexibility index (Phi) is 6.34. The number of hydrogen-bond donors (Lipinski definition) is 1. The van der Waals surface area contributed by atoms with Gasteiger partial charge in [-0.15, -0.1) is 0 Å². The standard InChI is InChI=1S/C22H23F3O3/c1-5-28-20(26)21(27,22(23,24)25)13-18(17-9-7-6-8-10-17)19-15(3)11-14(2)12-16(19)4/h6-13,27H,5H2,1-4H3/b18-13+/t21-/m0/s1. The monoisotopic (exact) mass is 392 g/mol. The van der Waals surface area contributed by atoms with E-state index in [0.717, 1.165) is 16.7 Å². The zero-order chi connectivity index (χ0) is 21.1. The zero-order valence-corrected chi connectivity index (χ0v) is 16.2. The van der Waals surface area contributed by atoms with Crippen molar-refractivity contribution in [3.05, 3.63) is 76.4 Å². The number of esters is 1. The van der Waals surface area contributed by atoms with E-state index in [9.17, 15) is 23.1 Å². The highest BCUT2D eigenvalue weighted by atomic mass is 19.4. The highest BCUT2D eigenvalue weighted by Crippen LogP contribution is 2.38. The molecule has 2 rings (SSSR count). The molecule has 0 bridgehead atoms. The second-order valence-corrected chi connectivity index (χ2v) is 6.68. The van der Waals surface area contributed by atoms with Gasteiger partial charge in [0.05, 0.1) is 6.61 Å². The number of aliphatic hydroxyl groups is 1. The summed E-state index contributed by atoms with van der Waals surface area (Å²) in [7, 11) is 0. The number of rotatable bonds is 5. The first-order valence-corrected chi connectivity index (χ1v) is 8.84. The van der Waals surface area contributed by atoms with Crippen LogP contribution in [0.15, 0.2) is 48.5 Å². The van der Waals surface area contributed by atoms with E-state index in [1.165, 1.54) is 6.92 Å². The maximum absolute atomic E-state index is 13.7. The molecule has 0 unspecified atom stereocenters. The van der Waals surface area contributed by atoms with E-state index in [1.54, 1.807) is 44.2 Å². The van der Waals surface area contributed by atoms with Crippen molar-refractivity contribution in [1.82, 2.24) is 0 Å². The molecule has 0 fully saturated rings. The third kappa shape index (κ3) is 4.28. The van der Waals surface area contributed by atoms with Crippen LogP contribution in [0.25, 0.3) is 5.57 Å². The van der Waals surface area contributed by atoms with Gasteiger partial charge in [-0.25, -0.2) is 4.79 Å². The number of halogens is 3. The molecule has 150 valence electrons. The third-order valence-corrected chi connectivity index (χ3v) is 4.40. The van der Waals surface area contributed by atoms with Crippen LogP contribution < -0.4 is 0 Å². The van der Waals surface area contributed by atoms with Gasteiger partial charge in [-0.3, -0.25) is 0 Å². The van der Waals surface area contributed by atoms with Crippen molar-refractivity contribution in [2.24, 2.45) is 0 Å². The van der Waals surface area contributed by atoms with Gasteiger partial charge in [-0.1, -0.05) is 48.0 Å². The predicted octanol–water partition coefficient (Wildman–Crippen LogP) is 4.90. The number of benzene rings is 2. The molecule has 0 aliphatic rings. The maximum atomic E-state index is 13.7. The lowest BCUT2D eigenvalue weighted by atomic mass is 9.86. The lowest BCUT2D eigenvalue weighted by Gasteiger charge is -2.27. The van der Waals surface area contributed by atoms with Gasteiger partial charge in [0.1, 0.15) is 0 Å². The summed E-state index contributed by atoms with van der Waals surface area (Å²) in [5.74, 6) is -1.75. The van der Waals surface area contributed by atoms with Gasteiger partial charge < -0.3 is 9.84 Å². The third-order valence-electron chi connectivity index (χ3n) is 4.40. The first kappa shape index (κ1) is 21.7. The van der Waals surface area contributed by atoms with Crippen molar-refractivity contribution >= 4 is 11.5 Å². The molecule has 0 spiro atoms. The minimum atomic E-state index is -5.24. The minimum absolute atomic E-state index is 0.114. The molecule has 0 saturated carbocycles. The summed E-state index contributed by atoms with van der Waals surface area (Å²) in [6.45, 7) is 6.55. The van der Waals surface area contributed by atoms with Crippen LogP contribution in [0.1, 0.15) is 34.7 Å². The van der Waals surface area contributed by atoms with Gasteiger partial charge in [0.2, 0.25) is 0 Å². The molecule has 0 saturated heterocycles. The van der Waals surface area contributed by atoms with Crippen molar-refractivity contribution in [2.45, 2.75) is 39.5 Å². The summed E-state index contributed by atoms with van der Waals surface area (Å²) in [5, 5.41) is 10.4. The van der Waals surface area contributed by atoms with E-state index in [4.69, 9.17) is 0 Å². The summed E-state index contributed by atoms with van der Waals surface area (Å²) in [4.78, 5) is 12.1. The van der Waals surface area contributed by atoms with Crippen LogP contribution in [0.3, 0.4) is 0 Å². The number of carbonyl (C=O) groups is 1. The molecule has 2 aromatic carbocycles. The smallest absolute Gasteiger partial charge is 0.431 e. The van der Waals surface area contributed by atoms with Crippen molar-refractivity contribution in [1.29, 1.82) is 0 Å². The largest absolute Gasteiger partial charge is 0.463 e. The normalized spacial score (nSPS) is 14.5. The lowest BCUT2D eigenvalue weighted by molar-refractivity contribution is -0.245. The van der Waals surface area contributed by atoms with Crippen molar-refractivity contribution in [2.75, 3.05) is 6.61 Å². The predicted molar refractivity (Wildman–Crippen MR) is 102 cm³/mol. The molecule has 0 radical (unpaired) electrons. The molecule has 1 N–H and O–H groups in total. The van der Waals surface area contributed by atoms with Gasteiger partial charge in [0, 0.05) is 0 Å². The maximum Gasteiger partial charge on any atom is 0.431 e. The molecule has 2 aromatic rings. The quantitative estimate of drug-likeness (QED) is 0.737. The molecule has 0 amide bonds. The first-order valence-electron chi connectivity index (χ1n) is 8.84. The number of hydrogen-bond acceptors (Lipinski definition) is 3. The minimum Gasteiger partial charge on any atom is -0.463 e. The summed E-state index contributed by atoms with van der Waals surface area (Å²) in [5.41, 5.74) is -0.237. The average Bonchev–Trinajstić information content (AvgIpc) is 2.59. The topological polar surface area (TPSA) is 46.5 Å². The highest BCUT2D eigenvalue weighted by molar-refractivity contribution is 5.91. The van der Waals surface area contributed by atoms with Crippen LogP contribution in [0.4, 0.5) is 13.2 Å². The number of ether oxygens (including phenoxy) is 1. The van der Waals surface area contributed by atoms with E-state index < -0.39 is 17.7 Å². The van der Waals surface area contributed by atoms with Crippen LogP contribution in [0.5, 0.6) is 0 Å². The fourth-order valence-electron chi connectivity index (χ4n) is 3.23. The van der Waals surface area contributed by atoms with Crippen molar-refractivity contribution in [3.8, 4) is 0 Å². The van der Waals surface area contributed by atoms with Crippen LogP contribution in [0, 0.1) is 20.8 Å². The number of carbonyl (C=O) groups excluding carboxylic acids is 1. The second-order valence-electron chi connectivity index (χ2n) is 6.68. The molecule has 0 aliphatic heterocycles. The molecule has 3 nitrogen and oxygen atoms in total. The van der Waals surface area contributed by atoms with Gasteiger partial charge in [-0.05, 0) is 61.6 Å². The summed E-state index contributed by atoms with van der Waals surface area (Å²) in [6, 6.07) is 12.0. The molecular formula is C22H23F3O3. The fraction of sp³-hybridized carbons (Fsp3) is 0.318. The zero-order valence-electron chi connectivity index (χ0n) is 16.2. The Hall–Kier alpha value is -2.60. The Morgan fingerprint density at radius 2 is 1.61 bits per heavy atom. The second kappa shape index (κ2) is 8.19. The average molecular weight is 392 g/mol. The van der Waals surface area contributed by atoms with Crippen LogP contribution in [-0.2, 0) is 9.53 Å². The van der Waals surface area contributed by atoms with E-state index >= 15 is 0 Å². The Labute approximate surface area is 162 Å². The van der Waals surface area contributed by atoms with E-state index in [-0.39, 0.29) is 12.2 Å². The molecule has 28 heavy (non-hydrogen) atoms. The highest BCUT2D eigenvalue weighted by Gasteiger charge is 2.59. The number of alkyl halides is 3. The Bertz CT molecular complexity index is 863. The molecule has 1 atom stereocenters. The molecule has 0 heterocycles. The molecule has 0 aromatic heterocycles. The molecule has 6 heteroatoms. The van der Waals surface area contributed by atoms with E-state index in [2.05, 4.69) is 4.74 Å². The first-order chi connectivity index (χ1) is 13.0. The summed E-state index contributed by atoms with van der Waals surface area (Å²) in [6.07, 6.45) is -4.68. The Morgan fingerprint density at radius 3 is 2.07 bits per heavy atom. The van der Waals surface area contributed by atoms with Crippen LogP contribution in [0.2, 0.25) is 0 Å². The van der Waals surface area contributed by atoms with Crippen LogP contribution >= 0.6 is 0 Å². The number of aryl methyl sites for hydroxylation is 3. The fourth-order valence-corrected chi connectivity index (χ4v) is 3.23. The van der Waals surface area contributed by atoms with Crippen molar-refractivity contribution < 1.29 is 27.8 Å². The SMILES string of the molecule is CCOC(=O)[C@@](O)(/C=C(\c1ccccc1)c1c(C)cc(C)cc1C)C(F)(F)F. The van der Waals surface area contributed by atoms with Crippen LogP contribution in [-0.4, -0.2) is 29.5 Å². The van der Waals surface area contributed by atoms with E-state index in [0.29, 0.717) is 17.2 Å². The van der Waals surface area contributed by atoms with Gasteiger partial charge in [0.15, 0.2) is 0 Å². The van der Waals surface area contributed by atoms with Gasteiger partial charge in [-0.2, -0.15) is 13.2 Å². The van der Waals surface area contributed by atoms with Gasteiger partial charge >= 0.3 is 12.1 Å². The summed E-state index contributed by atoms with van der Waals surface area (Å²) >= 11 is 0. The summed E-state index contributed by atoms with van der Waals surface area (Å²) < 4.78 is 45.8. The van der Waals surface area contributed by atoms with Crippen molar-refractivity contribution in [3.63, 3.8) is 0 Å². The molecular weight excluding hydrogens is 369 g/mol.